The van der Waals surface area contributed by atoms with Crippen LogP contribution in [-0.4, -0.2) is 37.1 Å². The van der Waals surface area contributed by atoms with Gasteiger partial charge >= 0.3 is 5.97 Å². The van der Waals surface area contributed by atoms with Gasteiger partial charge in [0.1, 0.15) is 11.6 Å². The van der Waals surface area contributed by atoms with E-state index in [0.717, 1.165) is 27.9 Å². The van der Waals surface area contributed by atoms with Crippen LogP contribution in [0, 0.1) is 20.8 Å². The minimum absolute atomic E-state index is 0.00740. The zero-order valence-corrected chi connectivity index (χ0v) is 19.9. The van der Waals surface area contributed by atoms with Crippen molar-refractivity contribution in [3.05, 3.63) is 75.2 Å². The summed E-state index contributed by atoms with van der Waals surface area (Å²) in [6, 6.07) is 13.6. The van der Waals surface area contributed by atoms with Gasteiger partial charge in [-0.3, -0.25) is 4.79 Å². The Balaban J connectivity index is 1.26. The van der Waals surface area contributed by atoms with E-state index in [0.29, 0.717) is 16.5 Å². The van der Waals surface area contributed by atoms with Gasteiger partial charge < -0.3 is 10.1 Å². The lowest BCUT2D eigenvalue weighted by Crippen LogP contribution is -2.16. The molecule has 0 saturated carbocycles. The highest BCUT2D eigenvalue weighted by atomic mass is 32.1. The topological polar surface area (TPSA) is 112 Å². The molecule has 1 amide bonds. The Morgan fingerprint density at radius 1 is 1.06 bits per heavy atom. The highest BCUT2D eigenvalue weighted by Gasteiger charge is 2.13. The molecule has 1 N–H and O–H groups in total. The summed E-state index contributed by atoms with van der Waals surface area (Å²) in [6.07, 6.45) is 0.149. The number of rotatable bonds is 8. The van der Waals surface area contributed by atoms with E-state index in [2.05, 4.69) is 25.7 Å². The number of thiazole rings is 1. The number of carbonyl (C=O) groups is 2. The third-order valence-corrected chi connectivity index (χ3v) is 5.89. The van der Waals surface area contributed by atoms with E-state index in [1.807, 2.05) is 63.2 Å². The number of hydrogen-bond acceptors (Lipinski definition) is 8. The van der Waals surface area contributed by atoms with Crippen molar-refractivity contribution in [1.29, 1.82) is 0 Å². The second-order valence-corrected chi connectivity index (χ2v) is 8.89. The van der Waals surface area contributed by atoms with Crippen molar-refractivity contribution in [2.75, 3.05) is 5.32 Å². The standard InChI is InChI=1S/C24H24N6O3S/c1-15-5-8-18(9-6-15)24-27-29-30(28-24)12-23(32)33-13-19-14-34-22(25-19)11-21(31)26-20-10-16(2)4-7-17(20)3/h4-10,14H,11-13H2,1-3H3,(H,26,31). The van der Waals surface area contributed by atoms with Crippen molar-refractivity contribution in [2.24, 2.45) is 0 Å². The van der Waals surface area contributed by atoms with E-state index in [4.69, 9.17) is 4.74 Å². The van der Waals surface area contributed by atoms with Crippen molar-refractivity contribution >= 4 is 28.9 Å². The van der Waals surface area contributed by atoms with Crippen molar-refractivity contribution < 1.29 is 14.3 Å². The quantitative estimate of drug-likeness (QED) is 0.386. The monoisotopic (exact) mass is 476 g/mol. The normalized spacial score (nSPS) is 10.8. The Hall–Kier alpha value is -3.92. The number of tetrazole rings is 1. The maximum Gasteiger partial charge on any atom is 0.330 e. The zero-order valence-electron chi connectivity index (χ0n) is 19.1. The first-order valence-electron chi connectivity index (χ1n) is 10.7. The number of carbonyl (C=O) groups excluding carboxylic acids is 2. The van der Waals surface area contributed by atoms with E-state index in [9.17, 15) is 9.59 Å². The summed E-state index contributed by atoms with van der Waals surface area (Å²) in [5, 5.41) is 17.5. The third-order valence-electron chi connectivity index (χ3n) is 4.99. The van der Waals surface area contributed by atoms with Gasteiger partial charge in [-0.05, 0) is 43.2 Å². The van der Waals surface area contributed by atoms with Crippen LogP contribution in [0.15, 0.2) is 47.8 Å². The van der Waals surface area contributed by atoms with Crippen molar-refractivity contribution in [2.45, 2.75) is 40.3 Å². The second-order valence-electron chi connectivity index (χ2n) is 7.95. The van der Waals surface area contributed by atoms with Gasteiger partial charge in [-0.25, -0.2) is 9.78 Å². The summed E-state index contributed by atoms with van der Waals surface area (Å²) in [7, 11) is 0. The van der Waals surface area contributed by atoms with Crippen LogP contribution in [0.5, 0.6) is 0 Å². The fourth-order valence-corrected chi connectivity index (χ4v) is 3.92. The van der Waals surface area contributed by atoms with Gasteiger partial charge in [0.05, 0.1) is 12.1 Å². The van der Waals surface area contributed by atoms with Crippen molar-refractivity contribution in [3.63, 3.8) is 0 Å². The summed E-state index contributed by atoms with van der Waals surface area (Å²) in [5.41, 5.74) is 5.40. The first kappa shape index (κ1) is 23.2. The van der Waals surface area contributed by atoms with Crippen molar-refractivity contribution in [1.82, 2.24) is 25.2 Å². The van der Waals surface area contributed by atoms with Gasteiger partial charge in [-0.2, -0.15) is 4.80 Å². The van der Waals surface area contributed by atoms with Crippen LogP contribution in [0.3, 0.4) is 0 Å². The van der Waals surface area contributed by atoms with Gasteiger partial charge in [-0.1, -0.05) is 42.0 Å². The van der Waals surface area contributed by atoms with E-state index in [-0.39, 0.29) is 25.5 Å². The molecule has 0 bridgehead atoms. The van der Waals surface area contributed by atoms with Crippen LogP contribution in [0.2, 0.25) is 0 Å². The van der Waals surface area contributed by atoms with E-state index >= 15 is 0 Å². The molecular weight excluding hydrogens is 452 g/mol. The molecule has 0 fully saturated rings. The summed E-state index contributed by atoms with van der Waals surface area (Å²) in [5.74, 6) is -0.209. The molecule has 10 heteroatoms. The predicted octanol–water partition coefficient (Wildman–Crippen LogP) is 3.65. The van der Waals surface area contributed by atoms with Crippen molar-refractivity contribution in [3.8, 4) is 11.4 Å². The third kappa shape index (κ3) is 6.10. The summed E-state index contributed by atoms with van der Waals surface area (Å²) >= 11 is 1.35. The highest BCUT2D eigenvalue weighted by molar-refractivity contribution is 7.09. The minimum atomic E-state index is -0.505. The highest BCUT2D eigenvalue weighted by Crippen LogP contribution is 2.18. The maximum atomic E-state index is 12.4. The molecule has 0 radical (unpaired) electrons. The number of aromatic nitrogens is 5. The van der Waals surface area contributed by atoms with Gasteiger partial charge in [0.15, 0.2) is 6.54 Å². The number of ether oxygens (including phenoxy) is 1. The van der Waals surface area contributed by atoms with Gasteiger partial charge in [0.25, 0.3) is 0 Å². The smallest absolute Gasteiger partial charge is 0.330 e. The Kier molecular flexibility index (Phi) is 7.07. The number of benzene rings is 2. The van der Waals surface area contributed by atoms with E-state index in [1.54, 1.807) is 5.38 Å². The molecule has 4 rings (SSSR count). The molecule has 0 spiro atoms. The lowest BCUT2D eigenvalue weighted by molar-refractivity contribution is -0.146. The Morgan fingerprint density at radius 3 is 2.62 bits per heavy atom. The molecule has 0 atom stereocenters. The van der Waals surface area contributed by atoms with Crippen LogP contribution >= 0.6 is 11.3 Å². The Morgan fingerprint density at radius 2 is 1.82 bits per heavy atom. The maximum absolute atomic E-state index is 12.4. The van der Waals surface area contributed by atoms with Crippen LogP contribution in [0.1, 0.15) is 27.4 Å². The lowest BCUT2D eigenvalue weighted by atomic mass is 10.1. The molecule has 0 aliphatic carbocycles. The lowest BCUT2D eigenvalue weighted by Gasteiger charge is -2.08. The van der Waals surface area contributed by atoms with Crippen LogP contribution in [0.25, 0.3) is 11.4 Å². The second kappa shape index (κ2) is 10.3. The van der Waals surface area contributed by atoms with Gasteiger partial charge in [0, 0.05) is 16.6 Å². The number of anilines is 1. The largest absolute Gasteiger partial charge is 0.458 e. The molecule has 0 saturated heterocycles. The van der Waals surface area contributed by atoms with Crippen LogP contribution < -0.4 is 5.32 Å². The number of hydrogen-bond donors (Lipinski definition) is 1. The number of nitrogens with zero attached hydrogens (tertiary/aromatic N) is 5. The number of nitrogens with one attached hydrogen (secondary N) is 1. The number of esters is 1. The van der Waals surface area contributed by atoms with Gasteiger partial charge in [-0.15, -0.1) is 21.5 Å². The molecule has 2 aromatic heterocycles. The average Bonchev–Trinajstić information content (AvgIpc) is 3.45. The van der Waals surface area contributed by atoms with Gasteiger partial charge in [0.2, 0.25) is 11.7 Å². The average molecular weight is 477 g/mol. The molecule has 34 heavy (non-hydrogen) atoms. The molecule has 174 valence electrons. The Bertz CT molecular complexity index is 1310. The minimum Gasteiger partial charge on any atom is -0.458 e. The molecule has 4 aromatic rings. The molecule has 2 heterocycles. The molecule has 0 unspecified atom stereocenters. The number of amides is 1. The molecular formula is C24H24N6O3S. The SMILES string of the molecule is Cc1ccc(-c2nnn(CC(=O)OCc3csc(CC(=O)Nc4cc(C)ccc4C)n3)n2)cc1. The molecule has 0 aliphatic heterocycles. The fourth-order valence-electron chi connectivity index (χ4n) is 3.14. The number of aryl methyl sites for hydroxylation is 3. The fraction of sp³-hybridized carbons (Fsp3) is 0.250. The predicted molar refractivity (Wildman–Crippen MR) is 128 cm³/mol. The first-order chi connectivity index (χ1) is 16.4. The van der Waals surface area contributed by atoms with Crippen LogP contribution in [-0.2, 0) is 33.9 Å². The summed E-state index contributed by atoms with van der Waals surface area (Å²) in [4.78, 5) is 30.2. The Labute approximate surface area is 200 Å². The van der Waals surface area contributed by atoms with E-state index < -0.39 is 5.97 Å². The molecule has 2 aromatic carbocycles. The first-order valence-corrected chi connectivity index (χ1v) is 11.5. The molecule has 0 aliphatic rings. The summed E-state index contributed by atoms with van der Waals surface area (Å²) < 4.78 is 5.28. The van der Waals surface area contributed by atoms with Crippen LogP contribution in [0.4, 0.5) is 5.69 Å². The van der Waals surface area contributed by atoms with E-state index in [1.165, 1.54) is 16.1 Å². The molecule has 9 nitrogen and oxygen atoms in total. The zero-order chi connectivity index (χ0) is 24.1. The summed E-state index contributed by atoms with van der Waals surface area (Å²) in [6.45, 7) is 5.77.